The van der Waals surface area contributed by atoms with E-state index in [4.69, 9.17) is 0 Å². The Morgan fingerprint density at radius 3 is 2.44 bits per heavy atom. The first-order chi connectivity index (χ1) is 7.37. The molecule has 1 aromatic rings. The zero-order valence-corrected chi connectivity index (χ0v) is 8.56. The second-order valence-corrected chi connectivity index (χ2v) is 2.94. The number of aromatic nitrogens is 1. The van der Waals surface area contributed by atoms with Crippen LogP contribution in [0.1, 0.15) is 11.3 Å². The minimum atomic E-state index is -4.91. The molecule has 90 valence electrons. The quantitative estimate of drug-likeness (QED) is 0.760. The standard InChI is InChI=1S/C9H9F4NO2/c1-5-3-6(4-10)7(8(14-5)15-2)16-9(11,12)13/h3H,4H2,1-2H3. The van der Waals surface area contributed by atoms with E-state index < -0.39 is 18.8 Å². The molecule has 0 aliphatic carbocycles. The number of hydrogen-bond acceptors (Lipinski definition) is 3. The van der Waals surface area contributed by atoms with Gasteiger partial charge in [-0.1, -0.05) is 0 Å². The molecule has 0 aromatic carbocycles. The Labute approximate surface area is 89.0 Å². The summed E-state index contributed by atoms with van der Waals surface area (Å²) in [6.07, 6.45) is -4.91. The molecule has 0 aliphatic heterocycles. The van der Waals surface area contributed by atoms with Gasteiger partial charge < -0.3 is 9.47 Å². The smallest absolute Gasteiger partial charge is 0.478 e. The average Bonchev–Trinajstić information content (AvgIpc) is 2.18. The highest BCUT2D eigenvalue weighted by Crippen LogP contribution is 2.34. The maximum absolute atomic E-state index is 12.5. The van der Waals surface area contributed by atoms with Crippen LogP contribution in [0.25, 0.3) is 0 Å². The highest BCUT2D eigenvalue weighted by atomic mass is 19.4. The fourth-order valence-electron chi connectivity index (χ4n) is 1.16. The number of aryl methyl sites for hydroxylation is 1. The topological polar surface area (TPSA) is 31.4 Å². The highest BCUT2D eigenvalue weighted by Gasteiger charge is 2.34. The molecule has 0 aliphatic rings. The Morgan fingerprint density at radius 2 is 2.00 bits per heavy atom. The van der Waals surface area contributed by atoms with Crippen molar-refractivity contribution in [2.24, 2.45) is 0 Å². The van der Waals surface area contributed by atoms with Crippen molar-refractivity contribution in [3.63, 3.8) is 0 Å². The number of ether oxygens (including phenoxy) is 2. The number of hydrogen-bond donors (Lipinski definition) is 0. The van der Waals surface area contributed by atoms with Crippen LogP contribution in [0.4, 0.5) is 17.6 Å². The van der Waals surface area contributed by atoms with Crippen LogP contribution in [0.3, 0.4) is 0 Å². The summed E-state index contributed by atoms with van der Waals surface area (Å²) >= 11 is 0. The summed E-state index contributed by atoms with van der Waals surface area (Å²) in [4.78, 5) is 3.67. The van der Waals surface area contributed by atoms with Crippen LogP contribution in [0.5, 0.6) is 11.6 Å². The lowest BCUT2D eigenvalue weighted by Gasteiger charge is -2.14. The Balaban J connectivity index is 3.22. The van der Waals surface area contributed by atoms with Gasteiger partial charge in [-0.05, 0) is 13.0 Å². The summed E-state index contributed by atoms with van der Waals surface area (Å²) in [6, 6.07) is 1.17. The van der Waals surface area contributed by atoms with Gasteiger partial charge in [0.1, 0.15) is 6.67 Å². The van der Waals surface area contributed by atoms with E-state index in [9.17, 15) is 17.6 Å². The zero-order valence-electron chi connectivity index (χ0n) is 8.56. The monoisotopic (exact) mass is 239 g/mol. The van der Waals surface area contributed by atoms with Crippen molar-refractivity contribution in [1.82, 2.24) is 4.98 Å². The van der Waals surface area contributed by atoms with Gasteiger partial charge in [-0.25, -0.2) is 9.37 Å². The molecule has 1 rings (SSSR count). The van der Waals surface area contributed by atoms with Crippen LogP contribution >= 0.6 is 0 Å². The predicted molar refractivity (Wildman–Crippen MR) is 47.0 cm³/mol. The number of halogens is 4. The molecule has 3 nitrogen and oxygen atoms in total. The van der Waals surface area contributed by atoms with Crippen LogP contribution in [0.15, 0.2) is 6.07 Å². The van der Waals surface area contributed by atoms with Crippen LogP contribution in [0.2, 0.25) is 0 Å². The minimum Gasteiger partial charge on any atom is -0.478 e. The van der Waals surface area contributed by atoms with Crippen molar-refractivity contribution in [2.75, 3.05) is 7.11 Å². The van der Waals surface area contributed by atoms with Gasteiger partial charge in [0.25, 0.3) is 5.88 Å². The van der Waals surface area contributed by atoms with Crippen molar-refractivity contribution < 1.29 is 27.0 Å². The minimum absolute atomic E-state index is 0.248. The molecule has 0 saturated heterocycles. The van der Waals surface area contributed by atoms with E-state index in [-0.39, 0.29) is 11.4 Å². The largest absolute Gasteiger partial charge is 0.573 e. The van der Waals surface area contributed by atoms with Crippen molar-refractivity contribution >= 4 is 0 Å². The second-order valence-electron chi connectivity index (χ2n) is 2.94. The summed E-state index contributed by atoms with van der Waals surface area (Å²) in [7, 11) is 1.13. The number of rotatable bonds is 3. The maximum Gasteiger partial charge on any atom is 0.573 e. The van der Waals surface area contributed by atoms with Crippen LogP contribution in [-0.2, 0) is 6.67 Å². The van der Waals surface area contributed by atoms with Gasteiger partial charge in [0.15, 0.2) is 5.75 Å². The SMILES string of the molecule is COc1nc(C)cc(CF)c1OC(F)(F)F. The van der Waals surface area contributed by atoms with Crippen molar-refractivity contribution in [3.05, 3.63) is 17.3 Å². The molecule has 7 heteroatoms. The van der Waals surface area contributed by atoms with Crippen LogP contribution in [-0.4, -0.2) is 18.5 Å². The third-order valence-corrected chi connectivity index (χ3v) is 1.70. The number of pyridine rings is 1. The third kappa shape index (κ3) is 2.98. The maximum atomic E-state index is 12.5. The lowest BCUT2D eigenvalue weighted by atomic mass is 10.2. The molecule has 1 aromatic heterocycles. The van der Waals surface area contributed by atoms with Crippen LogP contribution in [0, 0.1) is 6.92 Å². The molecule has 0 N–H and O–H groups in total. The van der Waals surface area contributed by atoms with Gasteiger partial charge in [0, 0.05) is 11.3 Å². The summed E-state index contributed by atoms with van der Waals surface area (Å²) < 4.78 is 57.0. The molecule has 0 unspecified atom stereocenters. The Bertz CT molecular complexity index is 353. The summed E-state index contributed by atoms with van der Waals surface area (Å²) in [5.41, 5.74) is 0.0979. The summed E-state index contributed by atoms with van der Waals surface area (Å²) in [5.74, 6) is -1.12. The molecule has 0 amide bonds. The Kier molecular flexibility index (Phi) is 3.56. The van der Waals surface area contributed by atoms with E-state index in [1.165, 1.54) is 13.0 Å². The molecule has 1 heterocycles. The third-order valence-electron chi connectivity index (χ3n) is 1.70. The average molecular weight is 239 g/mol. The summed E-state index contributed by atoms with van der Waals surface area (Å²) in [6.45, 7) is 0.421. The predicted octanol–water partition coefficient (Wildman–Crippen LogP) is 2.77. The van der Waals surface area contributed by atoms with Gasteiger partial charge in [-0.3, -0.25) is 0 Å². The molecule has 0 spiro atoms. The summed E-state index contributed by atoms with van der Waals surface area (Å²) in [5, 5.41) is 0. The molecule has 0 radical (unpaired) electrons. The fraction of sp³-hybridized carbons (Fsp3) is 0.444. The Hall–Kier alpha value is -1.53. The number of nitrogens with zero attached hydrogens (tertiary/aromatic N) is 1. The van der Waals surface area contributed by atoms with Crippen molar-refractivity contribution in [1.29, 1.82) is 0 Å². The Morgan fingerprint density at radius 1 is 1.38 bits per heavy atom. The molecule has 0 bridgehead atoms. The zero-order chi connectivity index (χ0) is 12.3. The lowest BCUT2D eigenvalue weighted by molar-refractivity contribution is -0.275. The second kappa shape index (κ2) is 4.54. The molecule has 0 fully saturated rings. The van der Waals surface area contributed by atoms with E-state index in [0.717, 1.165) is 7.11 Å². The van der Waals surface area contributed by atoms with E-state index in [2.05, 4.69) is 14.5 Å². The van der Waals surface area contributed by atoms with Gasteiger partial charge in [0.05, 0.1) is 7.11 Å². The molecule has 0 atom stereocenters. The fourth-order valence-corrected chi connectivity index (χ4v) is 1.16. The molecule has 0 saturated carbocycles. The number of methoxy groups -OCH3 is 1. The van der Waals surface area contributed by atoms with Gasteiger partial charge in [-0.15, -0.1) is 13.2 Å². The van der Waals surface area contributed by atoms with Crippen LogP contribution < -0.4 is 9.47 Å². The normalized spacial score (nSPS) is 11.4. The van der Waals surface area contributed by atoms with Crippen molar-refractivity contribution in [3.8, 4) is 11.6 Å². The van der Waals surface area contributed by atoms with E-state index >= 15 is 0 Å². The van der Waals surface area contributed by atoms with Gasteiger partial charge in [-0.2, -0.15) is 0 Å². The molecular formula is C9H9F4NO2. The van der Waals surface area contributed by atoms with E-state index in [1.54, 1.807) is 0 Å². The van der Waals surface area contributed by atoms with Gasteiger partial charge in [0.2, 0.25) is 0 Å². The van der Waals surface area contributed by atoms with E-state index in [0.29, 0.717) is 5.69 Å². The number of alkyl halides is 4. The highest BCUT2D eigenvalue weighted by molar-refractivity contribution is 5.43. The molecular weight excluding hydrogens is 230 g/mol. The van der Waals surface area contributed by atoms with Crippen molar-refractivity contribution in [2.45, 2.75) is 20.0 Å². The van der Waals surface area contributed by atoms with Gasteiger partial charge >= 0.3 is 6.36 Å². The molecule has 16 heavy (non-hydrogen) atoms. The van der Waals surface area contributed by atoms with E-state index in [1.807, 2.05) is 0 Å². The lowest BCUT2D eigenvalue weighted by Crippen LogP contribution is -2.19. The first-order valence-electron chi connectivity index (χ1n) is 4.23. The first-order valence-corrected chi connectivity index (χ1v) is 4.23. The first kappa shape index (κ1) is 12.5.